The van der Waals surface area contributed by atoms with Crippen LogP contribution in [0.4, 0.5) is 20.0 Å². The molecule has 2 aromatic heterocycles. The highest BCUT2D eigenvalue weighted by molar-refractivity contribution is 7.17. The van der Waals surface area contributed by atoms with Crippen LogP contribution in [0.5, 0.6) is 10.8 Å². The van der Waals surface area contributed by atoms with Gasteiger partial charge in [0.1, 0.15) is 11.6 Å². The predicted octanol–water partition coefficient (Wildman–Crippen LogP) is 3.48. The minimum atomic E-state index is -0.386. The van der Waals surface area contributed by atoms with Crippen molar-refractivity contribution >= 4 is 28.2 Å². The number of nitrogens with one attached hydrogen (secondary N) is 1. The second-order valence-corrected chi connectivity index (χ2v) is 5.90. The Morgan fingerprint density at radius 1 is 1.42 bits per heavy atom. The average molecular weight is 347 g/mol. The number of hydrogen-bond acceptors (Lipinski definition) is 5. The molecule has 7 nitrogen and oxygen atoms in total. The van der Waals surface area contributed by atoms with E-state index in [0.29, 0.717) is 21.6 Å². The molecule has 0 aliphatic heterocycles. The number of urea groups is 1. The molecule has 0 atom stereocenters. The van der Waals surface area contributed by atoms with Crippen LogP contribution in [0, 0.1) is 5.82 Å². The number of anilines is 2. The number of aromatic nitrogens is 3. The summed E-state index contributed by atoms with van der Waals surface area (Å²) >= 11 is 1.14. The van der Waals surface area contributed by atoms with E-state index in [-0.39, 0.29) is 11.8 Å². The van der Waals surface area contributed by atoms with E-state index >= 15 is 0 Å². The molecule has 0 spiro atoms. The minimum absolute atomic E-state index is 0.352. The number of carbonyl (C=O) groups is 1. The maximum atomic E-state index is 13.1. The van der Waals surface area contributed by atoms with Gasteiger partial charge in [-0.1, -0.05) is 17.4 Å². The summed E-state index contributed by atoms with van der Waals surface area (Å²) in [5.41, 5.74) is 0.655. The Morgan fingerprint density at radius 2 is 2.25 bits per heavy atom. The highest BCUT2D eigenvalue weighted by atomic mass is 32.1. The maximum absolute atomic E-state index is 13.1. The van der Waals surface area contributed by atoms with Crippen LogP contribution >= 0.6 is 11.3 Å². The van der Waals surface area contributed by atoms with Crippen LogP contribution in [0.3, 0.4) is 0 Å². The molecule has 0 saturated carbocycles. The number of carbonyl (C=O) groups excluding carboxylic acids is 1. The van der Waals surface area contributed by atoms with Gasteiger partial charge in [0, 0.05) is 26.4 Å². The Bertz CT molecular complexity index is 863. The largest absolute Gasteiger partial charge is 0.445 e. The summed E-state index contributed by atoms with van der Waals surface area (Å²) in [7, 11) is 3.40. The van der Waals surface area contributed by atoms with Crippen molar-refractivity contribution in [3.05, 3.63) is 48.7 Å². The lowest BCUT2D eigenvalue weighted by Crippen LogP contribution is -2.30. The van der Waals surface area contributed by atoms with Crippen LogP contribution in [-0.2, 0) is 7.05 Å². The topological polar surface area (TPSA) is 72.3 Å². The summed E-state index contributed by atoms with van der Waals surface area (Å²) in [5, 5.41) is 7.51. The van der Waals surface area contributed by atoms with Gasteiger partial charge in [-0.25, -0.2) is 14.2 Å². The van der Waals surface area contributed by atoms with Crippen molar-refractivity contribution in [3.63, 3.8) is 0 Å². The molecule has 24 heavy (non-hydrogen) atoms. The first kappa shape index (κ1) is 15.9. The fraction of sp³-hybridized carbons (Fsp3) is 0.133. The molecule has 0 bridgehead atoms. The number of hydrogen-bond donors (Lipinski definition) is 1. The summed E-state index contributed by atoms with van der Waals surface area (Å²) in [6, 6.07) is 5.44. The van der Waals surface area contributed by atoms with Gasteiger partial charge >= 0.3 is 6.03 Å². The lowest BCUT2D eigenvalue weighted by atomic mass is 10.3. The number of ether oxygens (including phenoxy) is 1. The summed E-state index contributed by atoms with van der Waals surface area (Å²) in [4.78, 5) is 17.7. The van der Waals surface area contributed by atoms with E-state index in [1.165, 1.54) is 23.2 Å². The van der Waals surface area contributed by atoms with Crippen molar-refractivity contribution in [1.29, 1.82) is 0 Å². The number of nitrogens with zero attached hydrogens (tertiary/aromatic N) is 4. The van der Waals surface area contributed by atoms with Crippen molar-refractivity contribution in [3.8, 4) is 10.8 Å². The fourth-order valence-electron chi connectivity index (χ4n) is 1.89. The fourth-order valence-corrected chi connectivity index (χ4v) is 2.56. The first-order valence-electron chi connectivity index (χ1n) is 6.94. The van der Waals surface area contributed by atoms with Crippen LogP contribution in [0.1, 0.15) is 0 Å². The number of benzene rings is 1. The molecule has 0 aliphatic carbocycles. The number of thiazole rings is 1. The first-order chi connectivity index (χ1) is 11.5. The molecule has 0 fully saturated rings. The Balaban J connectivity index is 1.64. The van der Waals surface area contributed by atoms with E-state index in [0.717, 1.165) is 11.3 Å². The summed E-state index contributed by atoms with van der Waals surface area (Å²) < 4.78 is 20.2. The summed E-state index contributed by atoms with van der Waals surface area (Å²) in [5.74, 6) is -0.0207. The molecule has 0 radical (unpaired) electrons. The van der Waals surface area contributed by atoms with Gasteiger partial charge in [0.15, 0.2) is 5.13 Å². The van der Waals surface area contributed by atoms with Crippen LogP contribution in [0.2, 0.25) is 0 Å². The Labute approximate surface area is 141 Å². The normalized spacial score (nSPS) is 10.5. The molecule has 2 heterocycles. The highest BCUT2D eigenvalue weighted by Crippen LogP contribution is 2.30. The molecule has 0 saturated heterocycles. The Hall–Kier alpha value is -2.94. The lowest BCUT2D eigenvalue weighted by molar-refractivity contribution is 0.258. The Morgan fingerprint density at radius 3 is 2.96 bits per heavy atom. The van der Waals surface area contributed by atoms with Crippen molar-refractivity contribution < 1.29 is 13.9 Å². The van der Waals surface area contributed by atoms with Gasteiger partial charge in [-0.2, -0.15) is 5.10 Å². The second kappa shape index (κ2) is 6.67. The lowest BCUT2D eigenvalue weighted by Gasteiger charge is -2.14. The minimum Gasteiger partial charge on any atom is -0.445 e. The smallest absolute Gasteiger partial charge is 0.327 e. The van der Waals surface area contributed by atoms with Crippen LogP contribution in [0.15, 0.2) is 42.9 Å². The molecule has 0 unspecified atom stereocenters. The van der Waals surface area contributed by atoms with E-state index in [4.69, 9.17) is 4.74 Å². The molecule has 1 N–H and O–H groups in total. The third kappa shape index (κ3) is 3.69. The Kier molecular flexibility index (Phi) is 4.43. The van der Waals surface area contributed by atoms with Crippen molar-refractivity contribution in [1.82, 2.24) is 14.8 Å². The SMILES string of the molecule is CN(C(=O)Nc1ncc(Oc2cccc(F)c2)s1)c1cnn(C)c1. The zero-order valence-electron chi connectivity index (χ0n) is 12.9. The average Bonchev–Trinajstić information content (AvgIpc) is 3.16. The monoisotopic (exact) mass is 347 g/mol. The molecule has 3 rings (SSSR count). The third-order valence-electron chi connectivity index (χ3n) is 3.10. The van der Waals surface area contributed by atoms with Gasteiger partial charge in [-0.3, -0.25) is 14.9 Å². The van der Waals surface area contributed by atoms with Gasteiger partial charge in [-0.15, -0.1) is 0 Å². The van der Waals surface area contributed by atoms with Gasteiger partial charge < -0.3 is 4.74 Å². The molecule has 9 heteroatoms. The van der Waals surface area contributed by atoms with Crippen LogP contribution in [-0.4, -0.2) is 27.8 Å². The van der Waals surface area contributed by atoms with E-state index < -0.39 is 0 Å². The molecule has 2 amide bonds. The molecular formula is C15H14FN5O2S. The highest BCUT2D eigenvalue weighted by Gasteiger charge is 2.14. The number of amides is 2. The summed E-state index contributed by atoms with van der Waals surface area (Å²) in [6.45, 7) is 0. The van der Waals surface area contributed by atoms with E-state index in [2.05, 4.69) is 15.4 Å². The van der Waals surface area contributed by atoms with Gasteiger partial charge in [0.2, 0.25) is 5.06 Å². The maximum Gasteiger partial charge on any atom is 0.327 e. The van der Waals surface area contributed by atoms with E-state index in [1.807, 2.05) is 0 Å². The van der Waals surface area contributed by atoms with Crippen molar-refractivity contribution in [2.24, 2.45) is 7.05 Å². The predicted molar refractivity (Wildman–Crippen MR) is 89.2 cm³/mol. The van der Waals surface area contributed by atoms with Gasteiger partial charge in [0.05, 0.1) is 18.1 Å². The van der Waals surface area contributed by atoms with E-state index in [1.54, 1.807) is 43.3 Å². The molecule has 0 aliphatic rings. The summed E-state index contributed by atoms with van der Waals surface area (Å²) in [6.07, 6.45) is 4.77. The van der Waals surface area contributed by atoms with Gasteiger partial charge in [-0.05, 0) is 12.1 Å². The number of halogens is 1. The van der Waals surface area contributed by atoms with Crippen molar-refractivity contribution in [2.75, 3.05) is 17.3 Å². The zero-order valence-corrected chi connectivity index (χ0v) is 13.7. The third-order valence-corrected chi connectivity index (χ3v) is 3.89. The molecular weight excluding hydrogens is 333 g/mol. The van der Waals surface area contributed by atoms with E-state index in [9.17, 15) is 9.18 Å². The van der Waals surface area contributed by atoms with Gasteiger partial charge in [0.25, 0.3) is 0 Å². The zero-order chi connectivity index (χ0) is 17.1. The molecule has 1 aromatic carbocycles. The van der Waals surface area contributed by atoms with Crippen molar-refractivity contribution in [2.45, 2.75) is 0 Å². The second-order valence-electron chi connectivity index (χ2n) is 4.91. The standard InChI is InChI=1S/C15H14FN5O2S/c1-20-9-11(7-18-20)21(2)15(22)19-14-17-8-13(24-14)23-12-5-3-4-10(16)6-12/h3-9H,1-2H3,(H,17,19,22). The molecule has 3 aromatic rings. The number of aryl methyl sites for hydroxylation is 1. The first-order valence-corrected chi connectivity index (χ1v) is 7.75. The van der Waals surface area contributed by atoms with Crippen LogP contribution in [0.25, 0.3) is 0 Å². The number of rotatable bonds is 4. The quantitative estimate of drug-likeness (QED) is 0.784. The molecule has 124 valence electrons. The van der Waals surface area contributed by atoms with Crippen LogP contribution < -0.4 is 15.0 Å².